The van der Waals surface area contributed by atoms with Crippen LogP contribution in [0, 0.1) is 0 Å². The van der Waals surface area contributed by atoms with Crippen molar-refractivity contribution in [3.63, 3.8) is 0 Å². The van der Waals surface area contributed by atoms with Crippen LogP contribution in [0.4, 0.5) is 0 Å². The highest BCUT2D eigenvalue weighted by atomic mass is 79.9. The topological polar surface area (TPSA) is 26.3 Å². The lowest BCUT2D eigenvalue weighted by molar-refractivity contribution is 0.0601. The fraction of sp³-hybridized carbons (Fsp3) is 0.0556. The van der Waals surface area contributed by atoms with Gasteiger partial charge in [0.2, 0.25) is 0 Å². The van der Waals surface area contributed by atoms with Gasteiger partial charge in [-0.3, -0.25) is 0 Å². The minimum absolute atomic E-state index is 0.328. The first-order valence-electron chi connectivity index (χ1n) is 6.56. The van der Waals surface area contributed by atoms with E-state index in [1.54, 1.807) is 6.07 Å². The van der Waals surface area contributed by atoms with Crippen LogP contribution >= 0.6 is 15.9 Å². The number of halogens is 1. The lowest BCUT2D eigenvalue weighted by Crippen LogP contribution is -2.03. The zero-order valence-corrected chi connectivity index (χ0v) is 13.1. The van der Waals surface area contributed by atoms with Crippen LogP contribution in [0.2, 0.25) is 0 Å². The Hall–Kier alpha value is -2.13. The van der Waals surface area contributed by atoms with E-state index in [2.05, 4.69) is 40.2 Å². The Morgan fingerprint density at radius 2 is 1.52 bits per heavy atom. The van der Waals surface area contributed by atoms with E-state index in [0.29, 0.717) is 5.56 Å². The summed E-state index contributed by atoms with van der Waals surface area (Å²) in [6, 6.07) is 19.8. The van der Waals surface area contributed by atoms with Gasteiger partial charge in [-0.25, -0.2) is 4.79 Å². The summed E-state index contributed by atoms with van der Waals surface area (Å²) in [6.45, 7) is 0. The van der Waals surface area contributed by atoms with E-state index >= 15 is 0 Å². The van der Waals surface area contributed by atoms with Gasteiger partial charge in [0.05, 0.1) is 12.7 Å². The number of fused-ring (bicyclic) bond motifs is 1. The molecule has 0 amide bonds. The molecular weight excluding hydrogens is 328 g/mol. The van der Waals surface area contributed by atoms with Crippen molar-refractivity contribution in [2.45, 2.75) is 0 Å². The maximum atomic E-state index is 11.9. The number of methoxy groups -OCH3 is 1. The summed E-state index contributed by atoms with van der Waals surface area (Å²) in [5, 5.41) is 2.29. The average Bonchev–Trinajstić information content (AvgIpc) is 2.53. The zero-order chi connectivity index (χ0) is 14.8. The largest absolute Gasteiger partial charge is 0.465 e. The Balaban J connectivity index is 2.25. The van der Waals surface area contributed by atoms with Gasteiger partial charge < -0.3 is 4.74 Å². The molecule has 0 heterocycles. The van der Waals surface area contributed by atoms with E-state index in [4.69, 9.17) is 4.74 Å². The third-order valence-corrected chi connectivity index (χ3v) is 4.11. The fourth-order valence-electron chi connectivity index (χ4n) is 2.42. The standard InChI is InChI=1S/C18H13BrO2/c1-21-18(20)15-9-5-4-8-14(15)16-10-12-6-2-3-7-13(12)11-17(16)19/h2-11H,1H3. The van der Waals surface area contributed by atoms with Crippen molar-refractivity contribution >= 4 is 32.7 Å². The van der Waals surface area contributed by atoms with Gasteiger partial charge in [-0.1, -0.05) is 58.4 Å². The van der Waals surface area contributed by atoms with Crippen molar-refractivity contribution in [2.75, 3.05) is 7.11 Å². The number of hydrogen-bond acceptors (Lipinski definition) is 2. The molecule has 0 saturated heterocycles. The normalized spacial score (nSPS) is 10.6. The summed E-state index contributed by atoms with van der Waals surface area (Å²) in [6.07, 6.45) is 0. The molecule has 0 spiro atoms. The van der Waals surface area contributed by atoms with Gasteiger partial charge in [-0.15, -0.1) is 0 Å². The van der Waals surface area contributed by atoms with Crippen molar-refractivity contribution in [1.29, 1.82) is 0 Å². The predicted molar refractivity (Wildman–Crippen MR) is 88.4 cm³/mol. The molecule has 0 aromatic heterocycles. The van der Waals surface area contributed by atoms with Crippen LogP contribution in [-0.4, -0.2) is 13.1 Å². The van der Waals surface area contributed by atoms with Gasteiger partial charge in [0, 0.05) is 4.47 Å². The monoisotopic (exact) mass is 340 g/mol. The minimum Gasteiger partial charge on any atom is -0.465 e. The summed E-state index contributed by atoms with van der Waals surface area (Å²) in [5.74, 6) is -0.328. The third-order valence-electron chi connectivity index (χ3n) is 3.46. The molecule has 0 aliphatic rings. The number of hydrogen-bond donors (Lipinski definition) is 0. The smallest absolute Gasteiger partial charge is 0.338 e. The summed E-state index contributed by atoms with van der Waals surface area (Å²) in [4.78, 5) is 11.9. The second-order valence-corrected chi connectivity index (χ2v) is 5.57. The molecule has 3 heteroatoms. The summed E-state index contributed by atoms with van der Waals surface area (Å²) in [5.41, 5.74) is 2.41. The molecular formula is C18H13BrO2. The lowest BCUT2D eigenvalue weighted by atomic mass is 9.97. The summed E-state index contributed by atoms with van der Waals surface area (Å²) >= 11 is 3.61. The highest BCUT2D eigenvalue weighted by molar-refractivity contribution is 9.10. The van der Waals surface area contributed by atoms with Crippen LogP contribution in [-0.2, 0) is 4.74 Å². The van der Waals surface area contributed by atoms with Gasteiger partial charge >= 0.3 is 5.97 Å². The molecule has 0 unspecified atom stereocenters. The van der Waals surface area contributed by atoms with Crippen LogP contribution < -0.4 is 0 Å². The Bertz CT molecular complexity index is 824. The van der Waals surface area contributed by atoms with Crippen LogP contribution in [0.25, 0.3) is 21.9 Å². The van der Waals surface area contributed by atoms with Gasteiger partial charge in [-0.2, -0.15) is 0 Å². The molecule has 104 valence electrons. The first-order chi connectivity index (χ1) is 10.2. The first-order valence-corrected chi connectivity index (χ1v) is 7.36. The van der Waals surface area contributed by atoms with E-state index in [0.717, 1.165) is 26.4 Å². The molecule has 0 saturated carbocycles. The van der Waals surface area contributed by atoms with Gasteiger partial charge in [-0.05, 0) is 40.1 Å². The SMILES string of the molecule is COC(=O)c1ccccc1-c1cc2ccccc2cc1Br. The molecule has 3 aromatic carbocycles. The van der Waals surface area contributed by atoms with Gasteiger partial charge in [0.15, 0.2) is 0 Å². The van der Waals surface area contributed by atoms with Crippen LogP contribution in [0.15, 0.2) is 65.1 Å². The highest BCUT2D eigenvalue weighted by Gasteiger charge is 2.15. The Morgan fingerprint density at radius 3 is 2.24 bits per heavy atom. The molecule has 21 heavy (non-hydrogen) atoms. The second-order valence-electron chi connectivity index (χ2n) is 4.72. The number of esters is 1. The van der Waals surface area contributed by atoms with Gasteiger partial charge in [0.25, 0.3) is 0 Å². The first kappa shape index (κ1) is 13.8. The number of rotatable bonds is 2. The number of ether oxygens (including phenoxy) is 1. The molecule has 0 fully saturated rings. The maximum Gasteiger partial charge on any atom is 0.338 e. The van der Waals surface area contributed by atoms with E-state index in [9.17, 15) is 4.79 Å². The molecule has 0 aliphatic carbocycles. The van der Waals surface area contributed by atoms with Crippen LogP contribution in [0.5, 0.6) is 0 Å². The average molecular weight is 341 g/mol. The van der Waals surface area contributed by atoms with E-state index in [-0.39, 0.29) is 5.97 Å². The minimum atomic E-state index is -0.328. The highest BCUT2D eigenvalue weighted by Crippen LogP contribution is 2.34. The molecule has 0 N–H and O–H groups in total. The third kappa shape index (κ3) is 2.57. The van der Waals surface area contributed by atoms with Crippen molar-refractivity contribution < 1.29 is 9.53 Å². The van der Waals surface area contributed by atoms with Crippen molar-refractivity contribution in [3.8, 4) is 11.1 Å². The van der Waals surface area contributed by atoms with Crippen LogP contribution in [0.3, 0.4) is 0 Å². The summed E-state index contributed by atoms with van der Waals surface area (Å²) < 4.78 is 5.83. The second kappa shape index (κ2) is 5.70. The molecule has 3 rings (SSSR count). The lowest BCUT2D eigenvalue weighted by Gasteiger charge is -2.11. The predicted octanol–water partition coefficient (Wildman–Crippen LogP) is 5.06. The van der Waals surface area contributed by atoms with E-state index < -0.39 is 0 Å². The van der Waals surface area contributed by atoms with Crippen LogP contribution in [0.1, 0.15) is 10.4 Å². The maximum absolute atomic E-state index is 11.9. The summed E-state index contributed by atoms with van der Waals surface area (Å²) in [7, 11) is 1.40. The fourth-order valence-corrected chi connectivity index (χ4v) is 3.00. The van der Waals surface area contributed by atoms with Crippen molar-refractivity contribution in [3.05, 3.63) is 70.7 Å². The molecule has 3 aromatic rings. The number of carbonyl (C=O) groups is 1. The molecule has 2 nitrogen and oxygen atoms in total. The van der Waals surface area contributed by atoms with Gasteiger partial charge in [0.1, 0.15) is 0 Å². The van der Waals surface area contributed by atoms with Crippen molar-refractivity contribution in [2.24, 2.45) is 0 Å². The molecule has 0 atom stereocenters. The Morgan fingerprint density at radius 1 is 0.905 bits per heavy atom. The zero-order valence-electron chi connectivity index (χ0n) is 11.5. The number of benzene rings is 3. The van der Waals surface area contributed by atoms with E-state index in [1.165, 1.54) is 7.11 Å². The van der Waals surface area contributed by atoms with E-state index in [1.807, 2.05) is 30.3 Å². The molecule has 0 radical (unpaired) electrons. The molecule has 0 bridgehead atoms. The quantitative estimate of drug-likeness (QED) is 0.609. The van der Waals surface area contributed by atoms with Crippen molar-refractivity contribution in [1.82, 2.24) is 0 Å². The number of carbonyl (C=O) groups excluding carboxylic acids is 1. The molecule has 0 aliphatic heterocycles. The Labute approximate surface area is 131 Å². The Kier molecular flexibility index (Phi) is 3.76.